The summed E-state index contributed by atoms with van der Waals surface area (Å²) in [6, 6.07) is 4.77. The Hall–Kier alpha value is -1.93. The minimum absolute atomic E-state index is 0.296. The first-order valence-corrected chi connectivity index (χ1v) is 8.10. The molecule has 2 rings (SSSR count). The van der Waals surface area contributed by atoms with Crippen molar-refractivity contribution in [3.63, 3.8) is 0 Å². The van der Waals surface area contributed by atoms with Crippen LogP contribution in [0.1, 0.15) is 5.69 Å². The molecule has 0 fully saturated rings. The minimum atomic E-state index is -1.04. The van der Waals surface area contributed by atoms with Crippen LogP contribution in [-0.4, -0.2) is 39.2 Å². The molecule has 2 N–H and O–H groups in total. The van der Waals surface area contributed by atoms with Crippen LogP contribution >= 0.6 is 23.1 Å². The topological polar surface area (TPSA) is 92.2 Å². The average molecular weight is 323 g/mol. The lowest BCUT2D eigenvalue weighted by atomic mass is 10.3. The standard InChI is InChI=1S/C13H13N3O3S2/c17-8-15-11(13(18)19)7-20-5-9-6-21-12(16-9)10-3-1-2-4-14-10/h1-4,6,8,11H,5,7H2,(H,15,17)(H,18,19). The summed E-state index contributed by atoms with van der Waals surface area (Å²) >= 11 is 2.92. The molecule has 110 valence electrons. The summed E-state index contributed by atoms with van der Waals surface area (Å²) in [5.41, 5.74) is 1.70. The third kappa shape index (κ3) is 4.54. The number of carbonyl (C=O) groups is 2. The summed E-state index contributed by atoms with van der Waals surface area (Å²) in [7, 11) is 0. The van der Waals surface area contributed by atoms with Crippen molar-refractivity contribution in [2.75, 3.05) is 5.75 Å². The highest BCUT2D eigenvalue weighted by atomic mass is 32.2. The third-order valence-electron chi connectivity index (χ3n) is 2.54. The smallest absolute Gasteiger partial charge is 0.327 e. The molecule has 2 aromatic rings. The van der Waals surface area contributed by atoms with Gasteiger partial charge in [0, 0.05) is 23.1 Å². The summed E-state index contributed by atoms with van der Waals surface area (Å²) in [6.45, 7) is 0. The van der Waals surface area contributed by atoms with Gasteiger partial charge in [-0.15, -0.1) is 11.3 Å². The van der Waals surface area contributed by atoms with E-state index in [0.717, 1.165) is 16.4 Å². The van der Waals surface area contributed by atoms with Gasteiger partial charge in [-0.25, -0.2) is 9.78 Å². The molecule has 0 saturated carbocycles. The lowest BCUT2D eigenvalue weighted by molar-refractivity contribution is -0.139. The van der Waals surface area contributed by atoms with Crippen molar-refractivity contribution in [3.05, 3.63) is 35.5 Å². The number of nitrogens with one attached hydrogen (secondary N) is 1. The van der Waals surface area contributed by atoms with Gasteiger partial charge in [0.25, 0.3) is 0 Å². The first-order valence-electron chi connectivity index (χ1n) is 6.06. The van der Waals surface area contributed by atoms with Gasteiger partial charge >= 0.3 is 5.97 Å². The van der Waals surface area contributed by atoms with Crippen molar-refractivity contribution < 1.29 is 14.7 Å². The number of amides is 1. The Bertz CT molecular complexity index is 604. The van der Waals surface area contributed by atoms with E-state index in [2.05, 4.69) is 15.3 Å². The Balaban J connectivity index is 1.88. The van der Waals surface area contributed by atoms with Crippen LogP contribution in [-0.2, 0) is 15.3 Å². The van der Waals surface area contributed by atoms with Gasteiger partial charge in [0.1, 0.15) is 11.0 Å². The molecule has 0 aliphatic rings. The molecule has 21 heavy (non-hydrogen) atoms. The van der Waals surface area contributed by atoms with E-state index < -0.39 is 12.0 Å². The molecule has 6 nitrogen and oxygen atoms in total. The third-order valence-corrected chi connectivity index (χ3v) is 4.52. The van der Waals surface area contributed by atoms with Crippen LogP contribution in [0.4, 0.5) is 0 Å². The van der Waals surface area contributed by atoms with E-state index in [9.17, 15) is 9.59 Å². The number of thioether (sulfide) groups is 1. The van der Waals surface area contributed by atoms with E-state index in [1.54, 1.807) is 6.20 Å². The molecule has 1 atom stereocenters. The number of hydrogen-bond acceptors (Lipinski definition) is 6. The number of nitrogens with zero attached hydrogens (tertiary/aromatic N) is 2. The average Bonchev–Trinajstić information content (AvgIpc) is 2.96. The Morgan fingerprint density at radius 1 is 1.52 bits per heavy atom. The van der Waals surface area contributed by atoms with E-state index in [-0.39, 0.29) is 0 Å². The first-order chi connectivity index (χ1) is 10.2. The Morgan fingerprint density at radius 3 is 3.05 bits per heavy atom. The van der Waals surface area contributed by atoms with Crippen molar-refractivity contribution in [3.8, 4) is 10.7 Å². The van der Waals surface area contributed by atoms with Crippen LogP contribution in [0.5, 0.6) is 0 Å². The predicted octanol–water partition coefficient (Wildman–Crippen LogP) is 1.64. The van der Waals surface area contributed by atoms with Gasteiger partial charge < -0.3 is 10.4 Å². The Morgan fingerprint density at radius 2 is 2.38 bits per heavy atom. The maximum atomic E-state index is 10.9. The molecule has 0 aliphatic heterocycles. The highest BCUT2D eigenvalue weighted by Crippen LogP contribution is 2.23. The van der Waals surface area contributed by atoms with Gasteiger partial charge in [-0.3, -0.25) is 9.78 Å². The van der Waals surface area contributed by atoms with Crippen molar-refractivity contribution in [1.29, 1.82) is 0 Å². The second kappa shape index (κ2) is 7.75. The molecule has 8 heteroatoms. The lowest BCUT2D eigenvalue weighted by Gasteiger charge is -2.09. The van der Waals surface area contributed by atoms with E-state index in [0.29, 0.717) is 17.9 Å². The van der Waals surface area contributed by atoms with Crippen molar-refractivity contribution in [2.45, 2.75) is 11.8 Å². The largest absolute Gasteiger partial charge is 0.480 e. The Kier molecular flexibility index (Phi) is 5.70. The molecule has 2 heterocycles. The van der Waals surface area contributed by atoms with E-state index in [4.69, 9.17) is 5.11 Å². The molecule has 1 amide bonds. The molecule has 0 bridgehead atoms. The number of carbonyl (C=O) groups excluding carboxylic acids is 1. The first kappa shape index (κ1) is 15.5. The van der Waals surface area contributed by atoms with Crippen molar-refractivity contribution >= 4 is 35.5 Å². The van der Waals surface area contributed by atoms with Crippen LogP contribution < -0.4 is 5.32 Å². The van der Waals surface area contributed by atoms with Crippen molar-refractivity contribution in [1.82, 2.24) is 15.3 Å². The van der Waals surface area contributed by atoms with Crippen LogP contribution in [0.15, 0.2) is 29.8 Å². The van der Waals surface area contributed by atoms with Gasteiger partial charge in [-0.1, -0.05) is 6.07 Å². The number of thiazole rings is 1. The second-order valence-electron chi connectivity index (χ2n) is 4.05. The molecule has 0 radical (unpaired) electrons. The number of aliphatic carboxylic acids is 1. The van der Waals surface area contributed by atoms with Gasteiger partial charge in [-0.2, -0.15) is 11.8 Å². The number of aromatic nitrogens is 2. The Labute approximate surface area is 129 Å². The minimum Gasteiger partial charge on any atom is -0.480 e. The quantitative estimate of drug-likeness (QED) is 0.718. The zero-order valence-corrected chi connectivity index (χ0v) is 12.6. The van der Waals surface area contributed by atoms with Gasteiger partial charge in [0.2, 0.25) is 6.41 Å². The SMILES string of the molecule is O=CNC(CSCc1csc(-c2ccccn2)n1)C(=O)O. The summed E-state index contributed by atoms with van der Waals surface area (Å²) in [4.78, 5) is 29.9. The zero-order valence-electron chi connectivity index (χ0n) is 10.9. The molecule has 1 unspecified atom stereocenters. The van der Waals surface area contributed by atoms with E-state index >= 15 is 0 Å². The van der Waals surface area contributed by atoms with Gasteiger partial charge in [0.15, 0.2) is 0 Å². The highest BCUT2D eigenvalue weighted by molar-refractivity contribution is 7.98. The molecule has 0 aliphatic carbocycles. The second-order valence-corrected chi connectivity index (χ2v) is 5.94. The highest BCUT2D eigenvalue weighted by Gasteiger charge is 2.16. The molecule has 0 spiro atoms. The summed E-state index contributed by atoms with van der Waals surface area (Å²) in [5, 5.41) is 13.9. The lowest BCUT2D eigenvalue weighted by Crippen LogP contribution is -2.37. The van der Waals surface area contributed by atoms with Gasteiger partial charge in [-0.05, 0) is 12.1 Å². The fraction of sp³-hybridized carbons (Fsp3) is 0.231. The number of hydrogen-bond donors (Lipinski definition) is 2. The monoisotopic (exact) mass is 323 g/mol. The summed E-state index contributed by atoms with van der Waals surface area (Å²) < 4.78 is 0. The normalized spacial score (nSPS) is 11.8. The summed E-state index contributed by atoms with van der Waals surface area (Å²) in [6.07, 6.45) is 2.12. The number of carboxylic acids is 1. The fourth-order valence-corrected chi connectivity index (χ4v) is 3.38. The molecular formula is C13H13N3O3S2. The number of rotatable bonds is 8. The van der Waals surface area contributed by atoms with Crippen LogP contribution in [0, 0.1) is 0 Å². The van der Waals surface area contributed by atoms with E-state index in [1.807, 2.05) is 23.6 Å². The van der Waals surface area contributed by atoms with Crippen LogP contribution in [0.2, 0.25) is 0 Å². The fourth-order valence-electron chi connectivity index (χ4n) is 1.53. The van der Waals surface area contributed by atoms with Crippen LogP contribution in [0.3, 0.4) is 0 Å². The molecule has 0 saturated heterocycles. The number of carboxylic acid groups (broad SMARTS) is 1. The molecule has 2 aromatic heterocycles. The van der Waals surface area contributed by atoms with Gasteiger partial charge in [0.05, 0.1) is 11.4 Å². The zero-order chi connectivity index (χ0) is 15.1. The van der Waals surface area contributed by atoms with E-state index in [1.165, 1.54) is 23.1 Å². The van der Waals surface area contributed by atoms with Crippen molar-refractivity contribution in [2.24, 2.45) is 0 Å². The maximum Gasteiger partial charge on any atom is 0.327 e. The summed E-state index contributed by atoms with van der Waals surface area (Å²) in [5.74, 6) is -0.153. The van der Waals surface area contributed by atoms with Crippen LogP contribution in [0.25, 0.3) is 10.7 Å². The predicted molar refractivity (Wildman–Crippen MR) is 82.1 cm³/mol. The molecular weight excluding hydrogens is 310 g/mol. The number of pyridine rings is 1. The molecule has 0 aromatic carbocycles. The maximum absolute atomic E-state index is 10.9.